The minimum absolute atomic E-state index is 0.00247. The summed E-state index contributed by atoms with van der Waals surface area (Å²) < 4.78 is 0. The van der Waals surface area contributed by atoms with Crippen molar-refractivity contribution in [3.8, 4) is 0 Å². The molecular formula is C19H22N4O. The van der Waals surface area contributed by atoms with E-state index in [1.165, 1.54) is 5.56 Å². The normalized spacial score (nSPS) is 20.9. The molecule has 1 aromatic carbocycles. The van der Waals surface area contributed by atoms with Crippen LogP contribution >= 0.6 is 0 Å². The van der Waals surface area contributed by atoms with Gasteiger partial charge in [-0.15, -0.1) is 0 Å². The van der Waals surface area contributed by atoms with E-state index in [1.54, 1.807) is 0 Å². The molecule has 0 aliphatic carbocycles. The van der Waals surface area contributed by atoms with Crippen molar-refractivity contribution >= 4 is 5.91 Å². The highest BCUT2D eigenvalue weighted by Gasteiger charge is 2.33. The van der Waals surface area contributed by atoms with Crippen molar-refractivity contribution in [2.45, 2.75) is 31.8 Å². The maximum absolute atomic E-state index is 12.8. The second-order valence-corrected chi connectivity index (χ2v) is 6.71. The summed E-state index contributed by atoms with van der Waals surface area (Å²) in [7, 11) is 2.12. The largest absolute Gasteiger partial charge is 0.328 e. The third-order valence-corrected chi connectivity index (χ3v) is 4.98. The van der Waals surface area contributed by atoms with Gasteiger partial charge >= 0.3 is 0 Å². The molecule has 2 aliphatic rings. The average Bonchev–Trinajstić information content (AvgIpc) is 3.11. The van der Waals surface area contributed by atoms with Gasteiger partial charge in [0.15, 0.2) is 5.82 Å². The molecule has 1 aromatic heterocycles. The number of rotatable bonds is 2. The summed E-state index contributed by atoms with van der Waals surface area (Å²) in [5.74, 6) is 0.888. The molecular weight excluding hydrogens is 300 g/mol. The Morgan fingerprint density at radius 1 is 1.21 bits per heavy atom. The highest BCUT2D eigenvalue weighted by Crippen LogP contribution is 2.32. The van der Waals surface area contributed by atoms with Gasteiger partial charge < -0.3 is 9.80 Å². The topological polar surface area (TPSA) is 49.3 Å². The SMILES string of the molecule is CN1CCc2nc([C@@H]3CCCN3C(=O)c3ccccc3)ncc2C1. The molecule has 5 nitrogen and oxygen atoms in total. The Morgan fingerprint density at radius 2 is 2.04 bits per heavy atom. The van der Waals surface area contributed by atoms with E-state index >= 15 is 0 Å². The second kappa shape index (κ2) is 6.32. The van der Waals surface area contributed by atoms with Crippen LogP contribution < -0.4 is 0 Å². The Labute approximate surface area is 142 Å². The number of hydrogen-bond donors (Lipinski definition) is 0. The summed E-state index contributed by atoms with van der Waals surface area (Å²) in [6.07, 6.45) is 4.86. The lowest BCUT2D eigenvalue weighted by Crippen LogP contribution is -2.32. The molecule has 0 bridgehead atoms. The lowest BCUT2D eigenvalue weighted by molar-refractivity contribution is 0.0729. The monoisotopic (exact) mass is 322 g/mol. The fourth-order valence-corrected chi connectivity index (χ4v) is 3.66. The van der Waals surface area contributed by atoms with E-state index in [2.05, 4.69) is 16.9 Å². The highest BCUT2D eigenvalue weighted by atomic mass is 16.2. The average molecular weight is 322 g/mol. The van der Waals surface area contributed by atoms with Gasteiger partial charge in [-0.1, -0.05) is 18.2 Å². The van der Waals surface area contributed by atoms with Crippen molar-refractivity contribution in [1.82, 2.24) is 19.8 Å². The Bertz CT molecular complexity index is 746. The molecule has 5 heteroatoms. The Kier molecular flexibility index (Phi) is 4.02. The summed E-state index contributed by atoms with van der Waals surface area (Å²) in [5, 5.41) is 0. The van der Waals surface area contributed by atoms with Gasteiger partial charge in [0.25, 0.3) is 5.91 Å². The van der Waals surface area contributed by atoms with Crippen LogP contribution in [0.2, 0.25) is 0 Å². The highest BCUT2D eigenvalue weighted by molar-refractivity contribution is 5.94. The van der Waals surface area contributed by atoms with Crippen molar-refractivity contribution < 1.29 is 4.79 Å². The predicted octanol–water partition coefficient (Wildman–Crippen LogP) is 2.44. The second-order valence-electron chi connectivity index (χ2n) is 6.71. The number of carbonyl (C=O) groups is 1. The van der Waals surface area contributed by atoms with Crippen molar-refractivity contribution in [3.63, 3.8) is 0 Å². The molecule has 0 saturated carbocycles. The van der Waals surface area contributed by atoms with Crippen LogP contribution in [0.5, 0.6) is 0 Å². The molecule has 0 radical (unpaired) electrons. The van der Waals surface area contributed by atoms with Gasteiger partial charge in [0.2, 0.25) is 0 Å². The quantitative estimate of drug-likeness (QED) is 0.852. The van der Waals surface area contributed by atoms with Gasteiger partial charge in [0.1, 0.15) is 0 Å². The van der Waals surface area contributed by atoms with Crippen LogP contribution in [-0.4, -0.2) is 45.8 Å². The van der Waals surface area contributed by atoms with Crippen LogP contribution in [0.3, 0.4) is 0 Å². The summed E-state index contributed by atoms with van der Waals surface area (Å²) in [4.78, 5) is 26.5. The third kappa shape index (κ3) is 2.80. The number of likely N-dealkylation sites (N-methyl/N-ethyl adjacent to an activating group) is 1. The first-order valence-electron chi connectivity index (χ1n) is 8.61. The van der Waals surface area contributed by atoms with Gasteiger partial charge in [0, 0.05) is 49.1 Å². The molecule has 1 amide bonds. The number of fused-ring (bicyclic) bond motifs is 1. The number of amides is 1. The fraction of sp³-hybridized carbons (Fsp3) is 0.421. The maximum atomic E-state index is 12.8. The molecule has 1 atom stereocenters. The van der Waals surface area contributed by atoms with Gasteiger partial charge in [-0.3, -0.25) is 4.79 Å². The first kappa shape index (κ1) is 15.3. The molecule has 3 heterocycles. The number of hydrogen-bond acceptors (Lipinski definition) is 4. The minimum Gasteiger partial charge on any atom is -0.328 e. The van der Waals surface area contributed by atoms with Crippen molar-refractivity contribution in [2.75, 3.05) is 20.1 Å². The van der Waals surface area contributed by atoms with Crippen molar-refractivity contribution in [3.05, 3.63) is 59.2 Å². The first-order valence-corrected chi connectivity index (χ1v) is 8.61. The van der Waals surface area contributed by atoms with Gasteiger partial charge in [-0.25, -0.2) is 9.97 Å². The molecule has 1 saturated heterocycles. The molecule has 4 rings (SSSR count). The summed E-state index contributed by atoms with van der Waals surface area (Å²) in [5.41, 5.74) is 3.10. The van der Waals surface area contributed by atoms with E-state index in [-0.39, 0.29) is 11.9 Å². The number of nitrogens with zero attached hydrogens (tertiary/aromatic N) is 4. The Balaban J connectivity index is 1.60. The van der Waals surface area contributed by atoms with E-state index in [4.69, 9.17) is 4.98 Å². The number of benzene rings is 1. The van der Waals surface area contributed by atoms with E-state index in [1.807, 2.05) is 41.4 Å². The molecule has 1 fully saturated rings. The third-order valence-electron chi connectivity index (χ3n) is 4.98. The van der Waals surface area contributed by atoms with E-state index in [0.29, 0.717) is 0 Å². The van der Waals surface area contributed by atoms with E-state index in [0.717, 1.165) is 56.0 Å². The standard InChI is InChI=1S/C19H22N4O/c1-22-11-9-16-15(13-22)12-20-18(21-16)17-8-5-10-23(17)19(24)14-6-3-2-4-7-14/h2-4,6-7,12,17H,5,8-11,13H2,1H3/t17-/m0/s1. The van der Waals surface area contributed by atoms with E-state index < -0.39 is 0 Å². The number of likely N-dealkylation sites (tertiary alicyclic amines) is 1. The lowest BCUT2D eigenvalue weighted by atomic mass is 10.1. The molecule has 24 heavy (non-hydrogen) atoms. The lowest BCUT2D eigenvalue weighted by Gasteiger charge is -2.27. The zero-order valence-corrected chi connectivity index (χ0v) is 14.0. The van der Waals surface area contributed by atoms with Crippen LogP contribution in [0.1, 0.15) is 46.3 Å². The first-order chi connectivity index (χ1) is 11.7. The molecule has 2 aromatic rings. The van der Waals surface area contributed by atoms with Crippen LogP contribution in [0.25, 0.3) is 0 Å². The maximum Gasteiger partial charge on any atom is 0.254 e. The minimum atomic E-state index is 0.00247. The van der Waals surface area contributed by atoms with Crippen molar-refractivity contribution in [1.29, 1.82) is 0 Å². The number of aromatic nitrogens is 2. The summed E-state index contributed by atoms with van der Waals surface area (Å²) in [6, 6.07) is 9.50. The van der Waals surface area contributed by atoms with Crippen LogP contribution in [0.4, 0.5) is 0 Å². The van der Waals surface area contributed by atoms with E-state index in [9.17, 15) is 4.79 Å². The fourth-order valence-electron chi connectivity index (χ4n) is 3.66. The zero-order chi connectivity index (χ0) is 16.5. The number of carbonyl (C=O) groups excluding carboxylic acids is 1. The van der Waals surface area contributed by atoms with Gasteiger partial charge in [-0.05, 0) is 32.0 Å². The molecule has 124 valence electrons. The van der Waals surface area contributed by atoms with Gasteiger partial charge in [-0.2, -0.15) is 0 Å². The zero-order valence-electron chi connectivity index (χ0n) is 14.0. The molecule has 0 unspecified atom stereocenters. The molecule has 0 N–H and O–H groups in total. The van der Waals surface area contributed by atoms with Crippen molar-refractivity contribution in [2.24, 2.45) is 0 Å². The molecule has 2 aliphatic heterocycles. The smallest absolute Gasteiger partial charge is 0.254 e. The van der Waals surface area contributed by atoms with Crippen LogP contribution in [0.15, 0.2) is 36.5 Å². The Hall–Kier alpha value is -2.27. The predicted molar refractivity (Wildman–Crippen MR) is 91.5 cm³/mol. The van der Waals surface area contributed by atoms with Crippen LogP contribution in [-0.2, 0) is 13.0 Å². The van der Waals surface area contributed by atoms with Gasteiger partial charge in [0.05, 0.1) is 6.04 Å². The molecule has 0 spiro atoms. The summed E-state index contributed by atoms with van der Waals surface area (Å²) >= 11 is 0. The Morgan fingerprint density at radius 3 is 2.88 bits per heavy atom. The summed E-state index contributed by atoms with van der Waals surface area (Å²) in [6.45, 7) is 2.72. The van der Waals surface area contributed by atoms with Crippen LogP contribution in [0, 0.1) is 0 Å².